The Balaban J connectivity index is 2.65. The highest BCUT2D eigenvalue weighted by molar-refractivity contribution is 6.31. The fourth-order valence-corrected chi connectivity index (χ4v) is 1.75. The van der Waals surface area contributed by atoms with Crippen LogP contribution < -0.4 is 5.73 Å². The summed E-state index contributed by atoms with van der Waals surface area (Å²) in [5.74, 6) is 0.229. The fourth-order valence-electron chi connectivity index (χ4n) is 1.57. The Kier molecular flexibility index (Phi) is 3.16. The van der Waals surface area contributed by atoms with E-state index in [1.54, 1.807) is 18.2 Å². The lowest BCUT2D eigenvalue weighted by Crippen LogP contribution is -1.98. The van der Waals surface area contributed by atoms with Gasteiger partial charge in [-0.15, -0.1) is 0 Å². The molecule has 0 saturated heterocycles. The molecule has 0 aliphatic heterocycles. The zero-order valence-corrected chi connectivity index (χ0v) is 10.3. The second-order valence-corrected chi connectivity index (χ2v) is 4.23. The van der Waals surface area contributed by atoms with Crippen molar-refractivity contribution in [1.29, 1.82) is 0 Å². The third-order valence-corrected chi connectivity index (χ3v) is 2.94. The number of nitrogen functional groups attached to an aromatic ring is 1. The molecule has 0 bridgehead atoms. The minimum Gasteiger partial charge on any atom is -0.384 e. The first-order valence-electron chi connectivity index (χ1n) is 5.16. The number of hydrogen-bond acceptors (Lipinski definition) is 4. The van der Waals surface area contributed by atoms with Crippen LogP contribution in [0, 0.1) is 17.0 Å². The molecule has 0 radical (unpaired) electrons. The first-order valence-corrected chi connectivity index (χ1v) is 5.54. The van der Waals surface area contributed by atoms with Crippen LogP contribution in [0.2, 0.25) is 5.02 Å². The van der Waals surface area contributed by atoms with Crippen LogP contribution in [-0.2, 0) is 0 Å². The number of pyridine rings is 1. The minimum atomic E-state index is -0.491. The first kappa shape index (κ1) is 12.3. The van der Waals surface area contributed by atoms with E-state index in [4.69, 9.17) is 17.3 Å². The van der Waals surface area contributed by atoms with Gasteiger partial charge in [-0.2, -0.15) is 0 Å². The van der Waals surface area contributed by atoms with Crippen molar-refractivity contribution in [2.75, 3.05) is 5.73 Å². The third kappa shape index (κ3) is 2.26. The second-order valence-electron chi connectivity index (χ2n) is 3.82. The maximum atomic E-state index is 10.9. The molecule has 0 saturated carbocycles. The van der Waals surface area contributed by atoms with E-state index in [9.17, 15) is 10.1 Å². The van der Waals surface area contributed by atoms with Crippen molar-refractivity contribution in [1.82, 2.24) is 4.98 Å². The number of benzene rings is 1. The number of hydrogen-bond donors (Lipinski definition) is 1. The van der Waals surface area contributed by atoms with Crippen molar-refractivity contribution in [3.8, 4) is 11.3 Å². The Bertz CT molecular complexity index is 629. The molecular weight excluding hydrogens is 254 g/mol. The number of halogens is 1. The van der Waals surface area contributed by atoms with E-state index in [0.29, 0.717) is 10.6 Å². The summed E-state index contributed by atoms with van der Waals surface area (Å²) in [5, 5.41) is 11.5. The number of aryl methyl sites for hydroxylation is 1. The SMILES string of the molecule is Cc1ccc(-c2nc(N)ccc2[N+](=O)[O-])cc1Cl. The lowest BCUT2D eigenvalue weighted by molar-refractivity contribution is -0.384. The van der Waals surface area contributed by atoms with E-state index < -0.39 is 4.92 Å². The summed E-state index contributed by atoms with van der Waals surface area (Å²) in [6, 6.07) is 7.90. The lowest BCUT2D eigenvalue weighted by Gasteiger charge is -2.05. The topological polar surface area (TPSA) is 82.0 Å². The molecule has 0 amide bonds. The fraction of sp³-hybridized carbons (Fsp3) is 0.0833. The number of nitrogens with two attached hydrogens (primary N) is 1. The van der Waals surface area contributed by atoms with Crippen molar-refractivity contribution >= 4 is 23.1 Å². The number of rotatable bonds is 2. The van der Waals surface area contributed by atoms with E-state index in [2.05, 4.69) is 4.98 Å². The maximum Gasteiger partial charge on any atom is 0.295 e. The van der Waals surface area contributed by atoms with Gasteiger partial charge in [-0.1, -0.05) is 23.7 Å². The van der Waals surface area contributed by atoms with Crippen LogP contribution in [0.15, 0.2) is 30.3 Å². The van der Waals surface area contributed by atoms with E-state index in [1.165, 1.54) is 12.1 Å². The zero-order chi connectivity index (χ0) is 13.3. The van der Waals surface area contributed by atoms with Gasteiger partial charge in [-0.3, -0.25) is 10.1 Å². The van der Waals surface area contributed by atoms with Crippen molar-refractivity contribution in [2.45, 2.75) is 6.92 Å². The van der Waals surface area contributed by atoms with E-state index in [1.807, 2.05) is 6.92 Å². The molecule has 0 aliphatic rings. The second kappa shape index (κ2) is 4.62. The zero-order valence-electron chi connectivity index (χ0n) is 9.55. The Morgan fingerprint density at radius 2 is 2.06 bits per heavy atom. The van der Waals surface area contributed by atoms with Gasteiger partial charge in [0, 0.05) is 16.7 Å². The van der Waals surface area contributed by atoms with Gasteiger partial charge in [0.25, 0.3) is 5.69 Å². The highest BCUT2D eigenvalue weighted by atomic mass is 35.5. The molecule has 2 aromatic rings. The van der Waals surface area contributed by atoms with Gasteiger partial charge in [0.05, 0.1) is 4.92 Å². The van der Waals surface area contributed by atoms with Crippen LogP contribution >= 0.6 is 11.6 Å². The normalized spacial score (nSPS) is 10.3. The quantitative estimate of drug-likeness (QED) is 0.666. The Morgan fingerprint density at radius 1 is 1.33 bits per heavy atom. The van der Waals surface area contributed by atoms with Crippen LogP contribution in [-0.4, -0.2) is 9.91 Å². The molecular formula is C12H10ClN3O2. The maximum absolute atomic E-state index is 10.9. The van der Waals surface area contributed by atoms with Crippen molar-refractivity contribution < 1.29 is 4.92 Å². The van der Waals surface area contributed by atoms with Crippen LogP contribution in [0.3, 0.4) is 0 Å². The smallest absolute Gasteiger partial charge is 0.295 e. The van der Waals surface area contributed by atoms with Gasteiger partial charge in [0.2, 0.25) is 0 Å². The molecule has 2 N–H and O–H groups in total. The van der Waals surface area contributed by atoms with Crippen LogP contribution in [0.4, 0.5) is 11.5 Å². The van der Waals surface area contributed by atoms with Crippen LogP contribution in [0.1, 0.15) is 5.56 Å². The average molecular weight is 264 g/mol. The highest BCUT2D eigenvalue weighted by Crippen LogP contribution is 2.31. The Labute approximate surface area is 108 Å². The van der Waals surface area contributed by atoms with Crippen LogP contribution in [0.25, 0.3) is 11.3 Å². The molecule has 1 aromatic carbocycles. The number of aromatic nitrogens is 1. The molecule has 5 nitrogen and oxygen atoms in total. The Morgan fingerprint density at radius 3 is 2.67 bits per heavy atom. The Hall–Kier alpha value is -2.14. The van der Waals surface area contributed by atoms with E-state index in [0.717, 1.165) is 5.56 Å². The van der Waals surface area contributed by atoms with Gasteiger partial charge in [0.15, 0.2) is 5.69 Å². The predicted octanol–water partition coefficient (Wildman–Crippen LogP) is 3.20. The molecule has 2 rings (SSSR count). The largest absolute Gasteiger partial charge is 0.384 e. The number of nitrogens with zero attached hydrogens (tertiary/aromatic N) is 2. The van der Waals surface area contributed by atoms with E-state index in [-0.39, 0.29) is 17.2 Å². The summed E-state index contributed by atoms with van der Waals surface area (Å²) in [6.07, 6.45) is 0. The van der Waals surface area contributed by atoms with Gasteiger partial charge in [-0.25, -0.2) is 4.98 Å². The summed E-state index contributed by atoms with van der Waals surface area (Å²) in [4.78, 5) is 14.5. The number of nitro groups is 1. The predicted molar refractivity (Wildman–Crippen MR) is 70.5 cm³/mol. The van der Waals surface area contributed by atoms with Crippen molar-refractivity contribution in [3.05, 3.63) is 51.0 Å². The average Bonchev–Trinajstić information content (AvgIpc) is 2.32. The summed E-state index contributed by atoms with van der Waals surface area (Å²) in [5.41, 5.74) is 7.17. The minimum absolute atomic E-state index is 0.0934. The molecule has 0 spiro atoms. The highest BCUT2D eigenvalue weighted by Gasteiger charge is 2.17. The van der Waals surface area contributed by atoms with Crippen molar-refractivity contribution in [3.63, 3.8) is 0 Å². The molecule has 0 fully saturated rings. The molecule has 6 heteroatoms. The molecule has 0 unspecified atom stereocenters. The molecule has 1 heterocycles. The van der Waals surface area contributed by atoms with Gasteiger partial charge in [0.1, 0.15) is 5.82 Å². The van der Waals surface area contributed by atoms with Gasteiger partial charge < -0.3 is 5.73 Å². The molecule has 1 aromatic heterocycles. The van der Waals surface area contributed by atoms with Gasteiger partial charge >= 0.3 is 0 Å². The summed E-state index contributed by atoms with van der Waals surface area (Å²) in [7, 11) is 0. The number of anilines is 1. The molecule has 92 valence electrons. The van der Waals surface area contributed by atoms with Crippen molar-refractivity contribution in [2.24, 2.45) is 0 Å². The monoisotopic (exact) mass is 263 g/mol. The standard InChI is InChI=1S/C12H10ClN3O2/c1-7-2-3-8(6-9(7)13)12-10(16(17)18)4-5-11(14)15-12/h2-6H,1H3,(H2,14,15). The van der Waals surface area contributed by atoms with E-state index >= 15 is 0 Å². The molecule has 18 heavy (non-hydrogen) atoms. The van der Waals surface area contributed by atoms with Crippen LogP contribution in [0.5, 0.6) is 0 Å². The summed E-state index contributed by atoms with van der Waals surface area (Å²) < 4.78 is 0. The summed E-state index contributed by atoms with van der Waals surface area (Å²) in [6.45, 7) is 1.85. The third-order valence-electron chi connectivity index (χ3n) is 2.54. The first-order chi connectivity index (χ1) is 8.49. The lowest BCUT2D eigenvalue weighted by atomic mass is 10.1. The van der Waals surface area contributed by atoms with Gasteiger partial charge in [-0.05, 0) is 24.6 Å². The summed E-state index contributed by atoms with van der Waals surface area (Å²) >= 11 is 6.01. The molecule has 0 atom stereocenters. The molecule has 0 aliphatic carbocycles.